The molecule has 0 aromatic rings. The summed E-state index contributed by atoms with van der Waals surface area (Å²) < 4.78 is 0. The summed E-state index contributed by atoms with van der Waals surface area (Å²) in [5, 5.41) is 0. The van der Waals surface area contributed by atoms with Crippen molar-refractivity contribution in [3.05, 3.63) is 11.9 Å². The number of rotatable bonds is 3. The molecule has 0 spiro atoms. The van der Waals surface area contributed by atoms with Crippen molar-refractivity contribution in [2.75, 3.05) is 0 Å². The van der Waals surface area contributed by atoms with Gasteiger partial charge in [0.2, 0.25) is 0 Å². The first-order chi connectivity index (χ1) is 3.77. The molecule has 0 aliphatic heterocycles. The highest BCUT2D eigenvalue weighted by Gasteiger charge is 1.78. The third-order valence-electron chi connectivity index (χ3n) is 0.938. The molecule has 0 radical (unpaired) electrons. The van der Waals surface area contributed by atoms with Gasteiger partial charge in [0.15, 0.2) is 0 Å². The summed E-state index contributed by atoms with van der Waals surface area (Å²) in [5.41, 5.74) is 10.3. The summed E-state index contributed by atoms with van der Waals surface area (Å²) in [7, 11) is 0. The molecule has 0 bridgehead atoms. The maximum atomic E-state index is 5.17. The lowest BCUT2D eigenvalue weighted by molar-refractivity contribution is 0.809. The van der Waals surface area contributed by atoms with Gasteiger partial charge in [-0.25, -0.2) is 0 Å². The van der Waals surface area contributed by atoms with Gasteiger partial charge < -0.3 is 11.5 Å². The molecule has 0 aromatic heterocycles. The minimum atomic E-state index is 0.443. The fourth-order valence-corrected chi connectivity index (χ4v) is 0.473. The molecule has 0 atom stereocenters. The quantitative estimate of drug-likeness (QED) is 0.536. The van der Waals surface area contributed by atoms with Crippen molar-refractivity contribution in [1.82, 2.24) is 0 Å². The van der Waals surface area contributed by atoms with Crippen LogP contribution in [-0.4, -0.2) is 0 Å². The van der Waals surface area contributed by atoms with Crippen LogP contribution < -0.4 is 11.5 Å². The summed E-state index contributed by atoms with van der Waals surface area (Å²) in [6.07, 6.45) is 5.24. The predicted octanol–water partition coefficient (Wildman–Crippen LogP) is 0.935. The van der Waals surface area contributed by atoms with Gasteiger partial charge in [-0.2, -0.15) is 0 Å². The first kappa shape index (κ1) is 7.34. The van der Waals surface area contributed by atoms with Crippen LogP contribution in [-0.2, 0) is 0 Å². The number of allylic oxidation sites excluding steroid dienone is 1. The summed E-state index contributed by atoms with van der Waals surface area (Å²) >= 11 is 0. The van der Waals surface area contributed by atoms with Gasteiger partial charge in [0.25, 0.3) is 0 Å². The molecular weight excluding hydrogens is 100 g/mol. The molecule has 2 nitrogen and oxygen atoms in total. The summed E-state index contributed by atoms with van der Waals surface area (Å²) in [6, 6.07) is 0. The fraction of sp³-hybridized carbons (Fsp3) is 0.667. The molecule has 0 saturated carbocycles. The monoisotopic (exact) mass is 114 g/mol. The second-order valence-corrected chi connectivity index (χ2v) is 1.85. The summed E-state index contributed by atoms with van der Waals surface area (Å²) in [4.78, 5) is 0. The van der Waals surface area contributed by atoms with Crippen LogP contribution in [0.5, 0.6) is 0 Å². The Labute approximate surface area is 50.6 Å². The van der Waals surface area contributed by atoms with Crippen LogP contribution in [0.25, 0.3) is 0 Å². The molecule has 0 aliphatic carbocycles. The molecule has 0 unspecified atom stereocenters. The zero-order chi connectivity index (χ0) is 6.41. The Morgan fingerprint density at radius 2 is 2.12 bits per heavy atom. The zero-order valence-corrected chi connectivity index (χ0v) is 5.35. The third-order valence-corrected chi connectivity index (χ3v) is 0.938. The van der Waals surface area contributed by atoms with E-state index < -0.39 is 0 Å². The fourth-order valence-electron chi connectivity index (χ4n) is 0.473. The Kier molecular flexibility index (Phi) is 4.13. The molecule has 0 heterocycles. The van der Waals surface area contributed by atoms with Gasteiger partial charge in [0.1, 0.15) is 0 Å². The van der Waals surface area contributed by atoms with Crippen molar-refractivity contribution in [2.24, 2.45) is 11.5 Å². The molecule has 0 aliphatic rings. The van der Waals surface area contributed by atoms with Crippen molar-refractivity contribution in [1.29, 1.82) is 0 Å². The van der Waals surface area contributed by atoms with Crippen molar-refractivity contribution in [2.45, 2.75) is 26.2 Å². The Morgan fingerprint density at radius 3 is 2.50 bits per heavy atom. The Morgan fingerprint density at radius 1 is 1.50 bits per heavy atom. The van der Waals surface area contributed by atoms with Crippen molar-refractivity contribution < 1.29 is 0 Å². The van der Waals surface area contributed by atoms with Gasteiger partial charge in [-0.3, -0.25) is 0 Å². The second kappa shape index (κ2) is 4.50. The molecule has 2 heteroatoms. The lowest BCUT2D eigenvalue weighted by atomic mass is 10.2. The first-order valence-electron chi connectivity index (χ1n) is 2.98. The van der Waals surface area contributed by atoms with E-state index in [4.69, 9.17) is 11.5 Å². The highest BCUT2D eigenvalue weighted by Crippen LogP contribution is 1.93. The van der Waals surface area contributed by atoms with Crippen LogP contribution in [0.4, 0.5) is 0 Å². The van der Waals surface area contributed by atoms with Gasteiger partial charge in [-0.15, -0.1) is 0 Å². The van der Waals surface area contributed by atoms with E-state index in [0.717, 1.165) is 6.42 Å². The maximum absolute atomic E-state index is 5.17. The lowest BCUT2D eigenvalue weighted by Gasteiger charge is -1.89. The zero-order valence-electron chi connectivity index (χ0n) is 5.35. The highest BCUT2D eigenvalue weighted by atomic mass is 14.8. The maximum Gasteiger partial charge on any atom is 0.0892 e. The second-order valence-electron chi connectivity index (χ2n) is 1.85. The predicted molar refractivity (Wildman–Crippen MR) is 36.0 cm³/mol. The van der Waals surface area contributed by atoms with E-state index in [0.29, 0.717) is 5.82 Å². The molecule has 0 aromatic carbocycles. The van der Waals surface area contributed by atoms with E-state index in [2.05, 4.69) is 6.92 Å². The van der Waals surface area contributed by atoms with E-state index in [1.54, 1.807) is 0 Å². The van der Waals surface area contributed by atoms with Crippen molar-refractivity contribution in [3.63, 3.8) is 0 Å². The molecule has 0 saturated heterocycles. The number of nitrogens with two attached hydrogens (primary N) is 2. The van der Waals surface area contributed by atoms with Crippen molar-refractivity contribution >= 4 is 0 Å². The number of unbranched alkanes of at least 4 members (excludes halogenated alkanes) is 2. The molecule has 8 heavy (non-hydrogen) atoms. The van der Waals surface area contributed by atoms with Gasteiger partial charge in [-0.05, 0) is 18.9 Å². The van der Waals surface area contributed by atoms with Crippen LogP contribution >= 0.6 is 0 Å². The van der Waals surface area contributed by atoms with Crippen LogP contribution in [0, 0.1) is 0 Å². The number of hydrogen-bond donors (Lipinski definition) is 2. The van der Waals surface area contributed by atoms with E-state index in [1.807, 2.05) is 6.08 Å². The SMILES string of the molecule is CCCCC=C(N)N. The Balaban J connectivity index is 3.03. The average molecular weight is 114 g/mol. The number of hydrogen-bond acceptors (Lipinski definition) is 2. The normalized spacial score (nSPS) is 8.62. The van der Waals surface area contributed by atoms with Crippen LogP contribution in [0.15, 0.2) is 11.9 Å². The van der Waals surface area contributed by atoms with Crippen LogP contribution in [0.1, 0.15) is 26.2 Å². The molecule has 48 valence electrons. The molecular formula is C6H14N2. The average Bonchev–Trinajstić information content (AvgIpc) is 1.66. The van der Waals surface area contributed by atoms with E-state index >= 15 is 0 Å². The molecule has 0 amide bonds. The molecule has 4 N–H and O–H groups in total. The van der Waals surface area contributed by atoms with Gasteiger partial charge in [0.05, 0.1) is 5.82 Å². The van der Waals surface area contributed by atoms with Gasteiger partial charge in [0, 0.05) is 0 Å². The van der Waals surface area contributed by atoms with Gasteiger partial charge in [-0.1, -0.05) is 13.3 Å². The highest BCUT2D eigenvalue weighted by molar-refractivity contribution is 4.88. The standard InChI is InChI=1S/C6H14N2/c1-2-3-4-5-6(7)8/h5H,2-4,7-8H2,1H3. The molecule has 0 fully saturated rings. The third kappa shape index (κ3) is 5.34. The van der Waals surface area contributed by atoms with Crippen molar-refractivity contribution in [3.8, 4) is 0 Å². The Bertz CT molecular complexity index is 72.6. The minimum absolute atomic E-state index is 0.443. The van der Waals surface area contributed by atoms with E-state index in [9.17, 15) is 0 Å². The summed E-state index contributed by atoms with van der Waals surface area (Å²) in [6.45, 7) is 2.14. The van der Waals surface area contributed by atoms with E-state index in [-0.39, 0.29) is 0 Å². The minimum Gasteiger partial charge on any atom is -0.386 e. The van der Waals surface area contributed by atoms with E-state index in [1.165, 1.54) is 12.8 Å². The molecule has 0 rings (SSSR count). The van der Waals surface area contributed by atoms with Crippen LogP contribution in [0.2, 0.25) is 0 Å². The smallest absolute Gasteiger partial charge is 0.0892 e. The lowest BCUT2D eigenvalue weighted by Crippen LogP contribution is -2.07. The largest absolute Gasteiger partial charge is 0.386 e. The van der Waals surface area contributed by atoms with Gasteiger partial charge >= 0.3 is 0 Å². The first-order valence-corrected chi connectivity index (χ1v) is 2.98. The Hall–Kier alpha value is -0.660. The summed E-state index contributed by atoms with van der Waals surface area (Å²) in [5.74, 6) is 0.443. The van der Waals surface area contributed by atoms with Crippen LogP contribution in [0.3, 0.4) is 0 Å². The topological polar surface area (TPSA) is 52.0 Å².